The first-order valence-corrected chi connectivity index (χ1v) is 6.87. The number of likely N-dealkylation sites (tertiary alicyclic amines) is 2. The summed E-state index contributed by atoms with van der Waals surface area (Å²) >= 11 is 0. The van der Waals surface area contributed by atoms with Crippen molar-refractivity contribution < 1.29 is 9.59 Å². The van der Waals surface area contributed by atoms with Crippen LogP contribution in [-0.2, 0) is 9.59 Å². The lowest BCUT2D eigenvalue weighted by atomic mass is 9.87. The fourth-order valence-electron chi connectivity index (χ4n) is 2.86. The van der Waals surface area contributed by atoms with E-state index in [-0.39, 0.29) is 11.8 Å². The average Bonchev–Trinajstić information content (AvgIpc) is 2.78. The number of piperidine rings is 1. The van der Waals surface area contributed by atoms with Crippen LogP contribution in [0.3, 0.4) is 0 Å². The van der Waals surface area contributed by atoms with Gasteiger partial charge in [0.2, 0.25) is 11.8 Å². The number of nitrogens with two attached hydrogens (primary N) is 1. The van der Waals surface area contributed by atoms with Crippen LogP contribution in [-0.4, -0.2) is 54.3 Å². The minimum Gasteiger partial charge on any atom is -0.330 e. The number of carbonyl (C=O) groups excluding carboxylic acids is 2. The van der Waals surface area contributed by atoms with E-state index in [1.54, 1.807) is 0 Å². The van der Waals surface area contributed by atoms with Crippen LogP contribution in [0.4, 0.5) is 0 Å². The molecule has 18 heavy (non-hydrogen) atoms. The third-order valence-corrected chi connectivity index (χ3v) is 4.23. The monoisotopic (exact) mass is 253 g/mol. The predicted molar refractivity (Wildman–Crippen MR) is 68.7 cm³/mol. The Labute approximate surface area is 108 Å². The standard InChI is InChI=1S/C13H23N3O2/c1-10-4-6-15(8-11(10)7-14)9-13(18)16-5-2-3-12(16)17/h10-11H,2-9,14H2,1H3. The summed E-state index contributed by atoms with van der Waals surface area (Å²) in [6.45, 7) is 5.68. The molecule has 102 valence electrons. The van der Waals surface area contributed by atoms with Crippen molar-refractivity contribution in [2.45, 2.75) is 26.2 Å². The van der Waals surface area contributed by atoms with Gasteiger partial charge in [-0.2, -0.15) is 0 Å². The highest BCUT2D eigenvalue weighted by atomic mass is 16.2. The van der Waals surface area contributed by atoms with Crippen molar-refractivity contribution in [2.75, 3.05) is 32.7 Å². The highest BCUT2D eigenvalue weighted by Gasteiger charge is 2.30. The van der Waals surface area contributed by atoms with Crippen molar-refractivity contribution >= 4 is 11.8 Å². The molecule has 2 rings (SSSR count). The van der Waals surface area contributed by atoms with Gasteiger partial charge in [-0.25, -0.2) is 0 Å². The van der Waals surface area contributed by atoms with Gasteiger partial charge in [-0.3, -0.25) is 19.4 Å². The quantitative estimate of drug-likeness (QED) is 0.772. The summed E-state index contributed by atoms with van der Waals surface area (Å²) in [5.41, 5.74) is 5.75. The van der Waals surface area contributed by atoms with E-state index in [0.29, 0.717) is 37.9 Å². The lowest BCUT2D eigenvalue weighted by molar-refractivity contribution is -0.142. The molecule has 0 aromatic carbocycles. The highest BCUT2D eigenvalue weighted by Crippen LogP contribution is 2.22. The van der Waals surface area contributed by atoms with Crippen LogP contribution >= 0.6 is 0 Å². The third kappa shape index (κ3) is 2.90. The molecule has 2 unspecified atom stereocenters. The molecule has 2 heterocycles. The Bertz CT molecular complexity index is 332. The van der Waals surface area contributed by atoms with E-state index in [2.05, 4.69) is 11.8 Å². The zero-order valence-electron chi connectivity index (χ0n) is 11.1. The Balaban J connectivity index is 1.86. The average molecular weight is 253 g/mol. The molecular weight excluding hydrogens is 230 g/mol. The molecular formula is C13H23N3O2. The summed E-state index contributed by atoms with van der Waals surface area (Å²) in [6, 6.07) is 0. The molecule has 0 radical (unpaired) electrons. The summed E-state index contributed by atoms with van der Waals surface area (Å²) in [4.78, 5) is 27.1. The zero-order chi connectivity index (χ0) is 13.1. The van der Waals surface area contributed by atoms with Gasteiger partial charge in [-0.1, -0.05) is 6.92 Å². The molecule has 2 saturated heterocycles. The highest BCUT2D eigenvalue weighted by molar-refractivity contribution is 5.97. The van der Waals surface area contributed by atoms with Crippen LogP contribution in [0, 0.1) is 11.8 Å². The SMILES string of the molecule is CC1CCN(CC(=O)N2CCCC2=O)CC1CN. The second-order valence-corrected chi connectivity index (χ2v) is 5.54. The van der Waals surface area contributed by atoms with Gasteiger partial charge in [0.25, 0.3) is 0 Å². The summed E-state index contributed by atoms with van der Waals surface area (Å²) in [7, 11) is 0. The van der Waals surface area contributed by atoms with E-state index in [0.717, 1.165) is 25.9 Å². The van der Waals surface area contributed by atoms with Gasteiger partial charge in [0.05, 0.1) is 6.54 Å². The maximum absolute atomic E-state index is 12.0. The van der Waals surface area contributed by atoms with E-state index in [1.165, 1.54) is 4.90 Å². The van der Waals surface area contributed by atoms with Gasteiger partial charge >= 0.3 is 0 Å². The fourth-order valence-corrected chi connectivity index (χ4v) is 2.86. The Morgan fingerprint density at radius 1 is 1.44 bits per heavy atom. The van der Waals surface area contributed by atoms with Gasteiger partial charge < -0.3 is 5.73 Å². The van der Waals surface area contributed by atoms with Gasteiger partial charge in [0.1, 0.15) is 0 Å². The number of imide groups is 1. The first-order valence-electron chi connectivity index (χ1n) is 6.87. The Kier molecular flexibility index (Phi) is 4.35. The lowest BCUT2D eigenvalue weighted by Crippen LogP contribution is -2.47. The fraction of sp³-hybridized carbons (Fsp3) is 0.846. The van der Waals surface area contributed by atoms with E-state index >= 15 is 0 Å². The van der Waals surface area contributed by atoms with E-state index < -0.39 is 0 Å². The first-order chi connectivity index (χ1) is 8.61. The Hall–Kier alpha value is -0.940. The molecule has 2 atom stereocenters. The molecule has 2 amide bonds. The van der Waals surface area contributed by atoms with Crippen molar-refractivity contribution in [3.05, 3.63) is 0 Å². The molecule has 0 aromatic rings. The molecule has 2 aliphatic heterocycles. The van der Waals surface area contributed by atoms with Crippen molar-refractivity contribution in [3.63, 3.8) is 0 Å². The van der Waals surface area contributed by atoms with Gasteiger partial charge in [0.15, 0.2) is 0 Å². The molecule has 2 fully saturated rings. The van der Waals surface area contributed by atoms with Crippen LogP contribution < -0.4 is 5.73 Å². The Morgan fingerprint density at radius 3 is 2.83 bits per heavy atom. The molecule has 0 saturated carbocycles. The molecule has 0 bridgehead atoms. The number of amides is 2. The van der Waals surface area contributed by atoms with Crippen molar-refractivity contribution in [3.8, 4) is 0 Å². The smallest absolute Gasteiger partial charge is 0.243 e. The molecule has 5 nitrogen and oxygen atoms in total. The molecule has 2 aliphatic rings. The minimum atomic E-state index is -0.0391. The largest absolute Gasteiger partial charge is 0.330 e. The molecule has 5 heteroatoms. The molecule has 0 spiro atoms. The number of carbonyl (C=O) groups is 2. The van der Waals surface area contributed by atoms with Crippen molar-refractivity contribution in [2.24, 2.45) is 17.6 Å². The lowest BCUT2D eigenvalue weighted by Gasteiger charge is -2.36. The molecule has 2 N–H and O–H groups in total. The van der Waals surface area contributed by atoms with E-state index in [1.807, 2.05) is 0 Å². The number of rotatable bonds is 3. The van der Waals surface area contributed by atoms with Crippen LogP contribution in [0.2, 0.25) is 0 Å². The summed E-state index contributed by atoms with van der Waals surface area (Å²) < 4.78 is 0. The normalized spacial score (nSPS) is 29.9. The van der Waals surface area contributed by atoms with E-state index in [4.69, 9.17) is 5.73 Å². The maximum atomic E-state index is 12.0. The minimum absolute atomic E-state index is 0.0132. The summed E-state index contributed by atoms with van der Waals surface area (Å²) in [5, 5.41) is 0. The molecule has 0 aromatic heterocycles. The second-order valence-electron chi connectivity index (χ2n) is 5.54. The van der Waals surface area contributed by atoms with Gasteiger partial charge in [-0.05, 0) is 37.8 Å². The van der Waals surface area contributed by atoms with Gasteiger partial charge in [-0.15, -0.1) is 0 Å². The van der Waals surface area contributed by atoms with E-state index in [9.17, 15) is 9.59 Å². The summed E-state index contributed by atoms with van der Waals surface area (Å²) in [5.74, 6) is 1.05. The second kappa shape index (κ2) is 5.80. The van der Waals surface area contributed by atoms with Crippen molar-refractivity contribution in [1.29, 1.82) is 0 Å². The third-order valence-electron chi connectivity index (χ3n) is 4.23. The zero-order valence-corrected chi connectivity index (χ0v) is 11.1. The van der Waals surface area contributed by atoms with Crippen molar-refractivity contribution in [1.82, 2.24) is 9.80 Å². The number of nitrogens with zero attached hydrogens (tertiary/aromatic N) is 2. The van der Waals surface area contributed by atoms with Crippen LogP contribution in [0.15, 0.2) is 0 Å². The molecule has 0 aliphatic carbocycles. The number of hydrogen-bond donors (Lipinski definition) is 1. The first kappa shape index (κ1) is 13.5. The Morgan fingerprint density at radius 2 is 2.22 bits per heavy atom. The predicted octanol–water partition coefficient (Wildman–Crippen LogP) is 0.0521. The van der Waals surface area contributed by atoms with Crippen LogP contribution in [0.5, 0.6) is 0 Å². The summed E-state index contributed by atoms with van der Waals surface area (Å²) in [6.07, 6.45) is 2.42. The maximum Gasteiger partial charge on any atom is 0.243 e. The topological polar surface area (TPSA) is 66.6 Å². The number of hydrogen-bond acceptors (Lipinski definition) is 4. The van der Waals surface area contributed by atoms with Gasteiger partial charge in [0, 0.05) is 19.5 Å². The van der Waals surface area contributed by atoms with Crippen LogP contribution in [0.1, 0.15) is 26.2 Å². The van der Waals surface area contributed by atoms with Crippen LogP contribution in [0.25, 0.3) is 0 Å².